The molecule has 2 nitrogen and oxygen atoms in total. The van der Waals surface area contributed by atoms with Crippen LogP contribution in [0.15, 0.2) is 0 Å². The number of hydrogen-bond acceptors (Lipinski definition) is 2. The van der Waals surface area contributed by atoms with E-state index in [0.29, 0.717) is 37.9 Å². The Hall–Kier alpha value is -0.290. The summed E-state index contributed by atoms with van der Waals surface area (Å²) >= 11 is 0. The second kappa shape index (κ2) is 7.48. The van der Waals surface area contributed by atoms with E-state index in [-0.39, 0.29) is 5.92 Å². The molecule has 0 amide bonds. The van der Waals surface area contributed by atoms with E-state index in [4.69, 9.17) is 0 Å². The number of hydrogen-bond donors (Lipinski definition) is 2. The number of halogens is 3. The lowest BCUT2D eigenvalue weighted by molar-refractivity contribution is -0.185. The van der Waals surface area contributed by atoms with E-state index in [2.05, 4.69) is 31.4 Å². The fourth-order valence-corrected chi connectivity index (χ4v) is 2.63. The van der Waals surface area contributed by atoms with Crippen LogP contribution < -0.4 is 10.6 Å². The molecule has 1 rings (SSSR count). The van der Waals surface area contributed by atoms with Crippen molar-refractivity contribution in [3.63, 3.8) is 0 Å². The third-order valence-corrected chi connectivity index (χ3v) is 3.83. The molecule has 5 heteroatoms. The first-order chi connectivity index (χ1) is 8.79. The van der Waals surface area contributed by atoms with Crippen molar-refractivity contribution in [2.75, 3.05) is 13.1 Å². The Bertz CT molecular complexity index is 254. The van der Waals surface area contributed by atoms with Gasteiger partial charge in [-0.3, -0.25) is 0 Å². The summed E-state index contributed by atoms with van der Waals surface area (Å²) in [4.78, 5) is 0. The molecule has 19 heavy (non-hydrogen) atoms. The molecule has 0 aliphatic heterocycles. The molecule has 0 saturated heterocycles. The molecule has 1 saturated carbocycles. The quantitative estimate of drug-likeness (QED) is 0.780. The topological polar surface area (TPSA) is 24.1 Å². The lowest BCUT2D eigenvalue weighted by Crippen LogP contribution is -2.42. The summed E-state index contributed by atoms with van der Waals surface area (Å²) in [5.74, 6) is -0.918. The van der Waals surface area contributed by atoms with Gasteiger partial charge in [-0.2, -0.15) is 13.2 Å². The van der Waals surface area contributed by atoms with Crippen LogP contribution in [-0.4, -0.2) is 31.3 Å². The van der Waals surface area contributed by atoms with E-state index in [0.717, 1.165) is 13.0 Å². The molecule has 1 fully saturated rings. The highest BCUT2D eigenvalue weighted by Crippen LogP contribution is 2.39. The average molecular weight is 280 g/mol. The van der Waals surface area contributed by atoms with Gasteiger partial charge in [-0.05, 0) is 38.6 Å². The fraction of sp³-hybridized carbons (Fsp3) is 1.00. The predicted octanol–water partition coefficient (Wildman–Crippen LogP) is 3.33. The van der Waals surface area contributed by atoms with Crippen molar-refractivity contribution in [1.29, 1.82) is 0 Å². The van der Waals surface area contributed by atoms with Gasteiger partial charge in [0.2, 0.25) is 0 Å². The summed E-state index contributed by atoms with van der Waals surface area (Å²) in [6, 6.07) is 0.738. The van der Waals surface area contributed by atoms with Gasteiger partial charge in [0.05, 0.1) is 5.92 Å². The first-order valence-corrected chi connectivity index (χ1v) is 7.32. The maximum absolute atomic E-state index is 12.7. The molecule has 1 aliphatic rings. The highest BCUT2D eigenvalue weighted by molar-refractivity contribution is 4.80. The van der Waals surface area contributed by atoms with Gasteiger partial charge < -0.3 is 10.6 Å². The van der Waals surface area contributed by atoms with Gasteiger partial charge in [0, 0.05) is 18.6 Å². The SMILES string of the molecule is CC(C)NCC(C)NCC1CCCC(C(F)(F)F)C1. The molecule has 3 atom stereocenters. The molecule has 0 aromatic rings. The fourth-order valence-electron chi connectivity index (χ4n) is 2.63. The van der Waals surface area contributed by atoms with Gasteiger partial charge in [0.25, 0.3) is 0 Å². The zero-order valence-electron chi connectivity index (χ0n) is 12.2. The minimum absolute atomic E-state index is 0.168. The standard InChI is InChI=1S/C14H27F3N2/c1-10(2)18-8-11(3)19-9-12-5-4-6-13(7-12)14(15,16)17/h10-13,18-19H,4-9H2,1-3H3. The lowest BCUT2D eigenvalue weighted by atomic mass is 9.81. The highest BCUT2D eigenvalue weighted by atomic mass is 19.4. The molecular formula is C14H27F3N2. The van der Waals surface area contributed by atoms with Crippen LogP contribution in [0.3, 0.4) is 0 Å². The molecule has 2 N–H and O–H groups in total. The minimum Gasteiger partial charge on any atom is -0.313 e. The molecule has 0 spiro atoms. The molecule has 3 unspecified atom stereocenters. The first kappa shape index (κ1) is 16.8. The van der Waals surface area contributed by atoms with Crippen LogP contribution in [0.2, 0.25) is 0 Å². The van der Waals surface area contributed by atoms with Gasteiger partial charge in [-0.15, -0.1) is 0 Å². The Morgan fingerprint density at radius 1 is 1.11 bits per heavy atom. The van der Waals surface area contributed by atoms with E-state index in [1.54, 1.807) is 0 Å². The van der Waals surface area contributed by atoms with E-state index in [1.165, 1.54) is 0 Å². The van der Waals surface area contributed by atoms with E-state index < -0.39 is 12.1 Å². The van der Waals surface area contributed by atoms with Gasteiger partial charge in [0.15, 0.2) is 0 Å². The zero-order valence-corrected chi connectivity index (χ0v) is 12.2. The van der Waals surface area contributed by atoms with Gasteiger partial charge in [-0.25, -0.2) is 0 Å². The number of nitrogens with one attached hydrogen (secondary N) is 2. The van der Waals surface area contributed by atoms with Gasteiger partial charge in [0.1, 0.15) is 0 Å². The largest absolute Gasteiger partial charge is 0.391 e. The normalized spacial score (nSPS) is 26.7. The smallest absolute Gasteiger partial charge is 0.313 e. The van der Waals surface area contributed by atoms with Crippen molar-refractivity contribution < 1.29 is 13.2 Å². The Kier molecular flexibility index (Phi) is 6.60. The van der Waals surface area contributed by atoms with Crippen LogP contribution in [-0.2, 0) is 0 Å². The molecule has 0 aromatic carbocycles. The van der Waals surface area contributed by atoms with Crippen LogP contribution in [0.1, 0.15) is 46.5 Å². The molecule has 114 valence electrons. The van der Waals surface area contributed by atoms with Gasteiger partial charge in [-0.1, -0.05) is 20.3 Å². The molecule has 0 heterocycles. The zero-order chi connectivity index (χ0) is 14.5. The summed E-state index contributed by atoms with van der Waals surface area (Å²) in [6.07, 6.45) is -1.78. The van der Waals surface area contributed by atoms with Crippen molar-refractivity contribution in [3.05, 3.63) is 0 Å². The summed E-state index contributed by atoms with van der Waals surface area (Å²) in [7, 11) is 0. The Labute approximate surface area is 114 Å². The van der Waals surface area contributed by atoms with E-state index in [9.17, 15) is 13.2 Å². The Balaban J connectivity index is 2.25. The second-order valence-corrected chi connectivity index (χ2v) is 6.14. The third kappa shape index (κ3) is 6.61. The third-order valence-electron chi connectivity index (χ3n) is 3.83. The highest BCUT2D eigenvalue weighted by Gasteiger charge is 2.41. The van der Waals surface area contributed by atoms with Crippen LogP contribution in [0.4, 0.5) is 13.2 Å². The minimum atomic E-state index is -4.01. The maximum Gasteiger partial charge on any atom is 0.391 e. The first-order valence-electron chi connectivity index (χ1n) is 7.32. The van der Waals surface area contributed by atoms with Crippen LogP contribution in [0.25, 0.3) is 0 Å². The van der Waals surface area contributed by atoms with Crippen LogP contribution in [0, 0.1) is 11.8 Å². The molecule has 1 aliphatic carbocycles. The molecule has 0 bridgehead atoms. The van der Waals surface area contributed by atoms with Crippen molar-refractivity contribution in [1.82, 2.24) is 10.6 Å². The van der Waals surface area contributed by atoms with E-state index >= 15 is 0 Å². The maximum atomic E-state index is 12.7. The lowest BCUT2D eigenvalue weighted by Gasteiger charge is -2.31. The summed E-state index contributed by atoms with van der Waals surface area (Å²) in [5.41, 5.74) is 0. The second-order valence-electron chi connectivity index (χ2n) is 6.14. The Morgan fingerprint density at radius 2 is 1.79 bits per heavy atom. The van der Waals surface area contributed by atoms with Crippen molar-refractivity contribution in [2.24, 2.45) is 11.8 Å². The predicted molar refractivity (Wildman–Crippen MR) is 72.1 cm³/mol. The summed E-state index contributed by atoms with van der Waals surface area (Å²) in [5, 5.41) is 6.67. The van der Waals surface area contributed by atoms with Crippen LogP contribution in [0.5, 0.6) is 0 Å². The number of rotatable bonds is 6. The average Bonchev–Trinajstić information content (AvgIpc) is 2.33. The van der Waals surface area contributed by atoms with Crippen LogP contribution >= 0.6 is 0 Å². The van der Waals surface area contributed by atoms with E-state index in [1.807, 2.05) is 0 Å². The van der Waals surface area contributed by atoms with Gasteiger partial charge >= 0.3 is 6.18 Å². The summed E-state index contributed by atoms with van der Waals surface area (Å²) in [6.45, 7) is 7.80. The number of alkyl halides is 3. The van der Waals surface area contributed by atoms with Crippen molar-refractivity contribution in [2.45, 2.75) is 64.7 Å². The molecule has 0 aromatic heterocycles. The van der Waals surface area contributed by atoms with Crippen molar-refractivity contribution in [3.8, 4) is 0 Å². The van der Waals surface area contributed by atoms with Crippen molar-refractivity contribution >= 4 is 0 Å². The Morgan fingerprint density at radius 3 is 2.37 bits per heavy atom. The summed E-state index contributed by atoms with van der Waals surface area (Å²) < 4.78 is 38.1. The molecular weight excluding hydrogens is 253 g/mol. The molecule has 0 radical (unpaired) electrons. The monoisotopic (exact) mass is 280 g/mol.